The molecule has 5 nitrogen and oxygen atoms in total. The lowest BCUT2D eigenvalue weighted by Crippen LogP contribution is -2.29. The third-order valence-electron chi connectivity index (χ3n) is 2.37. The molecule has 0 aliphatic carbocycles. The molecule has 0 spiro atoms. The minimum Gasteiger partial charge on any atom is -0.340 e. The summed E-state index contributed by atoms with van der Waals surface area (Å²) in [4.78, 5) is 4.10. The van der Waals surface area contributed by atoms with Gasteiger partial charge in [0.1, 0.15) is 0 Å². The Bertz CT molecular complexity index is 364. The fourth-order valence-electron chi connectivity index (χ4n) is 1.41. The van der Waals surface area contributed by atoms with Crippen LogP contribution in [-0.2, 0) is 6.54 Å². The molecule has 0 bridgehead atoms. The molecule has 0 aliphatic rings. The number of hydrogen-bond donors (Lipinski definition) is 1. The molecule has 0 saturated heterocycles. The van der Waals surface area contributed by atoms with Gasteiger partial charge >= 0.3 is 0 Å². The van der Waals surface area contributed by atoms with Crippen LogP contribution in [0.4, 0.5) is 0 Å². The molecule has 1 heterocycles. The maximum Gasteiger partial charge on any atom is 0.223 e. The predicted octanol–water partition coefficient (Wildman–Crippen LogP) is 1.80. The van der Waals surface area contributed by atoms with Gasteiger partial charge in [-0.1, -0.05) is 19.0 Å². The van der Waals surface area contributed by atoms with Crippen molar-refractivity contribution in [1.29, 1.82) is 5.26 Å². The summed E-state index contributed by atoms with van der Waals surface area (Å²) in [7, 11) is 0. The van der Waals surface area contributed by atoms with Gasteiger partial charge in [-0.2, -0.15) is 10.2 Å². The molecule has 0 unspecified atom stereocenters. The maximum absolute atomic E-state index is 8.53. The largest absolute Gasteiger partial charge is 0.340 e. The second-order valence-electron chi connectivity index (χ2n) is 4.66. The van der Waals surface area contributed by atoms with Gasteiger partial charge in [-0.15, -0.1) is 0 Å². The zero-order valence-electron chi connectivity index (χ0n) is 10.1. The van der Waals surface area contributed by atoms with Gasteiger partial charge in [-0.05, 0) is 11.8 Å². The first-order valence-electron chi connectivity index (χ1n) is 5.40. The van der Waals surface area contributed by atoms with Crippen LogP contribution in [0.2, 0.25) is 0 Å². The number of nitrogens with one attached hydrogen (secondary N) is 1. The summed E-state index contributed by atoms with van der Waals surface area (Å²) in [5.74, 6) is 1.26. The summed E-state index contributed by atoms with van der Waals surface area (Å²) in [6.07, 6.45) is 1.48. The molecule has 1 rings (SSSR count). The standard InChI is InChI=1S/C11H18N4O/c1-9-14-10(15-16-9)7-13-8-11(2,3)5-4-6-12/h13H,4-5,7-8H2,1-3H3. The Morgan fingerprint density at radius 1 is 1.50 bits per heavy atom. The smallest absolute Gasteiger partial charge is 0.223 e. The number of nitriles is 1. The number of aromatic nitrogens is 2. The molecule has 88 valence electrons. The lowest BCUT2D eigenvalue weighted by atomic mass is 9.88. The maximum atomic E-state index is 8.53. The van der Waals surface area contributed by atoms with Crippen LogP contribution >= 0.6 is 0 Å². The van der Waals surface area contributed by atoms with Crippen LogP contribution in [0.25, 0.3) is 0 Å². The van der Waals surface area contributed by atoms with Gasteiger partial charge < -0.3 is 9.84 Å². The third kappa shape index (κ3) is 4.41. The van der Waals surface area contributed by atoms with E-state index in [2.05, 4.69) is 35.4 Å². The Kier molecular flexibility index (Phi) is 4.44. The highest BCUT2D eigenvalue weighted by atomic mass is 16.5. The van der Waals surface area contributed by atoms with Crippen LogP contribution in [0.15, 0.2) is 4.52 Å². The number of rotatable bonds is 6. The number of aryl methyl sites for hydroxylation is 1. The summed E-state index contributed by atoms with van der Waals surface area (Å²) >= 11 is 0. The summed E-state index contributed by atoms with van der Waals surface area (Å²) in [6, 6.07) is 2.17. The fraction of sp³-hybridized carbons (Fsp3) is 0.727. The second kappa shape index (κ2) is 5.61. The predicted molar refractivity (Wildman–Crippen MR) is 59.4 cm³/mol. The molecule has 1 N–H and O–H groups in total. The van der Waals surface area contributed by atoms with E-state index in [9.17, 15) is 0 Å². The zero-order chi connectivity index (χ0) is 12.0. The van der Waals surface area contributed by atoms with Gasteiger partial charge in [-0.25, -0.2) is 0 Å². The molecule has 0 saturated carbocycles. The van der Waals surface area contributed by atoms with Gasteiger partial charge in [0.2, 0.25) is 5.89 Å². The van der Waals surface area contributed by atoms with E-state index in [0.717, 1.165) is 13.0 Å². The summed E-state index contributed by atoms with van der Waals surface area (Å²) in [6.45, 7) is 7.49. The van der Waals surface area contributed by atoms with Crippen molar-refractivity contribution in [3.8, 4) is 6.07 Å². The molecule has 16 heavy (non-hydrogen) atoms. The third-order valence-corrected chi connectivity index (χ3v) is 2.37. The van der Waals surface area contributed by atoms with Crippen LogP contribution in [-0.4, -0.2) is 16.7 Å². The Morgan fingerprint density at radius 2 is 2.25 bits per heavy atom. The molecule has 0 aliphatic heterocycles. The van der Waals surface area contributed by atoms with Gasteiger partial charge in [-0.3, -0.25) is 0 Å². The number of hydrogen-bond acceptors (Lipinski definition) is 5. The highest BCUT2D eigenvalue weighted by Gasteiger charge is 2.17. The number of nitrogens with zero attached hydrogens (tertiary/aromatic N) is 3. The van der Waals surface area contributed by atoms with Crippen LogP contribution in [0.5, 0.6) is 0 Å². The van der Waals surface area contributed by atoms with E-state index in [0.29, 0.717) is 24.7 Å². The quantitative estimate of drug-likeness (QED) is 0.794. The summed E-state index contributed by atoms with van der Waals surface area (Å²) in [5.41, 5.74) is 0.120. The minimum absolute atomic E-state index is 0.120. The molecule has 0 aromatic carbocycles. The molecule has 1 aromatic rings. The van der Waals surface area contributed by atoms with Crippen molar-refractivity contribution >= 4 is 0 Å². The monoisotopic (exact) mass is 222 g/mol. The Hall–Kier alpha value is -1.41. The van der Waals surface area contributed by atoms with E-state index < -0.39 is 0 Å². The molecule has 0 radical (unpaired) electrons. The van der Waals surface area contributed by atoms with E-state index >= 15 is 0 Å². The fourth-order valence-corrected chi connectivity index (χ4v) is 1.41. The Morgan fingerprint density at radius 3 is 2.81 bits per heavy atom. The van der Waals surface area contributed by atoms with Crippen molar-refractivity contribution < 1.29 is 4.52 Å². The first-order chi connectivity index (χ1) is 7.53. The van der Waals surface area contributed by atoms with E-state index in [1.54, 1.807) is 6.92 Å². The van der Waals surface area contributed by atoms with Crippen molar-refractivity contribution in [1.82, 2.24) is 15.5 Å². The molecule has 5 heteroatoms. The van der Waals surface area contributed by atoms with E-state index in [-0.39, 0.29) is 5.41 Å². The van der Waals surface area contributed by atoms with Crippen LogP contribution in [0, 0.1) is 23.7 Å². The van der Waals surface area contributed by atoms with Crippen LogP contribution in [0.3, 0.4) is 0 Å². The summed E-state index contributed by atoms with van der Waals surface area (Å²) < 4.78 is 4.87. The van der Waals surface area contributed by atoms with Crippen molar-refractivity contribution in [3.05, 3.63) is 11.7 Å². The first kappa shape index (κ1) is 12.7. The van der Waals surface area contributed by atoms with Crippen molar-refractivity contribution in [2.75, 3.05) is 6.54 Å². The van der Waals surface area contributed by atoms with E-state index in [4.69, 9.17) is 9.78 Å². The van der Waals surface area contributed by atoms with Crippen LogP contribution < -0.4 is 5.32 Å². The van der Waals surface area contributed by atoms with Gasteiger partial charge in [0.05, 0.1) is 12.6 Å². The zero-order valence-corrected chi connectivity index (χ0v) is 10.1. The van der Waals surface area contributed by atoms with E-state index in [1.165, 1.54) is 0 Å². The van der Waals surface area contributed by atoms with Crippen LogP contribution in [0.1, 0.15) is 38.4 Å². The lowest BCUT2D eigenvalue weighted by molar-refractivity contribution is 0.314. The highest BCUT2D eigenvalue weighted by molar-refractivity contribution is 4.84. The topological polar surface area (TPSA) is 74.7 Å². The molecule has 0 amide bonds. The van der Waals surface area contributed by atoms with Gasteiger partial charge in [0.25, 0.3) is 0 Å². The SMILES string of the molecule is Cc1nc(CNCC(C)(C)CCC#N)no1. The van der Waals surface area contributed by atoms with E-state index in [1.807, 2.05) is 0 Å². The Balaban J connectivity index is 2.27. The highest BCUT2D eigenvalue weighted by Crippen LogP contribution is 2.20. The lowest BCUT2D eigenvalue weighted by Gasteiger charge is -2.23. The molecule has 0 fully saturated rings. The summed E-state index contributed by atoms with van der Waals surface area (Å²) in [5, 5.41) is 15.6. The van der Waals surface area contributed by atoms with Gasteiger partial charge in [0, 0.05) is 19.9 Å². The normalized spacial score (nSPS) is 11.4. The molecule has 0 atom stereocenters. The second-order valence-corrected chi connectivity index (χ2v) is 4.66. The first-order valence-corrected chi connectivity index (χ1v) is 5.40. The van der Waals surface area contributed by atoms with Crippen molar-refractivity contribution in [2.24, 2.45) is 5.41 Å². The minimum atomic E-state index is 0.120. The average Bonchev–Trinajstić information content (AvgIpc) is 2.61. The Labute approximate surface area is 95.8 Å². The van der Waals surface area contributed by atoms with Crippen molar-refractivity contribution in [3.63, 3.8) is 0 Å². The van der Waals surface area contributed by atoms with Gasteiger partial charge in [0.15, 0.2) is 5.82 Å². The van der Waals surface area contributed by atoms with Crippen molar-refractivity contribution in [2.45, 2.75) is 40.2 Å². The molecular formula is C11H18N4O. The molecular weight excluding hydrogens is 204 g/mol. The average molecular weight is 222 g/mol. The molecule has 1 aromatic heterocycles.